The molecule has 2 aliphatic rings. The number of carbonyl (C=O) groups is 1. The predicted octanol–water partition coefficient (Wildman–Crippen LogP) is 2.31. The second-order valence-electron chi connectivity index (χ2n) is 4.87. The summed E-state index contributed by atoms with van der Waals surface area (Å²) in [4.78, 5) is 14.3. The largest absolute Gasteiger partial charge is 0.358 e. The van der Waals surface area contributed by atoms with Gasteiger partial charge < -0.3 is 10.2 Å². The van der Waals surface area contributed by atoms with Crippen molar-refractivity contribution in [3.8, 4) is 0 Å². The zero-order chi connectivity index (χ0) is 11.3. The zero-order valence-electron chi connectivity index (χ0n) is 9.71. The van der Waals surface area contributed by atoms with Gasteiger partial charge in [-0.15, -0.1) is 0 Å². The second kappa shape index (κ2) is 3.00. The Labute approximate surface area is 95.4 Å². The molecule has 84 valence electrons. The molecule has 1 aromatic rings. The van der Waals surface area contributed by atoms with E-state index in [4.69, 9.17) is 0 Å². The second-order valence-corrected chi connectivity index (χ2v) is 4.87. The molecule has 0 unspecified atom stereocenters. The summed E-state index contributed by atoms with van der Waals surface area (Å²) in [6, 6.07) is 6.17. The molecule has 1 N–H and O–H groups in total. The third kappa shape index (κ3) is 1.01. The van der Waals surface area contributed by atoms with Crippen LogP contribution in [-0.2, 0) is 4.79 Å². The third-order valence-electron chi connectivity index (χ3n) is 4.10. The summed E-state index contributed by atoms with van der Waals surface area (Å²) in [6.07, 6.45) is 3.10. The Balaban J connectivity index is 2.14. The molecule has 1 aromatic carbocycles. The minimum Gasteiger partial charge on any atom is -0.358 e. The van der Waals surface area contributed by atoms with E-state index in [1.807, 2.05) is 20.0 Å². The Morgan fingerprint density at radius 3 is 2.75 bits per heavy atom. The summed E-state index contributed by atoms with van der Waals surface area (Å²) < 4.78 is 0. The fourth-order valence-corrected chi connectivity index (χ4v) is 2.78. The lowest BCUT2D eigenvalue weighted by Crippen LogP contribution is -2.62. The molecule has 0 radical (unpaired) electrons. The van der Waals surface area contributed by atoms with Gasteiger partial charge in [-0.3, -0.25) is 4.79 Å². The molecule has 0 bridgehead atoms. The smallest absolute Gasteiger partial charge is 0.250 e. The normalized spacial score (nSPS) is 21.4. The van der Waals surface area contributed by atoms with Gasteiger partial charge in [0.2, 0.25) is 5.91 Å². The van der Waals surface area contributed by atoms with Crippen molar-refractivity contribution in [2.75, 3.05) is 17.3 Å². The Morgan fingerprint density at radius 2 is 2.12 bits per heavy atom. The Morgan fingerprint density at radius 1 is 1.38 bits per heavy atom. The molecule has 3 heteroatoms. The SMILES string of the molecule is Cc1cccc2c1NC(=O)C1(CCC1)N2C. The molecule has 1 saturated carbocycles. The predicted molar refractivity (Wildman–Crippen MR) is 64.8 cm³/mol. The molecule has 1 amide bonds. The van der Waals surface area contributed by atoms with Crippen molar-refractivity contribution in [2.45, 2.75) is 31.7 Å². The van der Waals surface area contributed by atoms with Gasteiger partial charge in [0.1, 0.15) is 5.54 Å². The number of amides is 1. The summed E-state index contributed by atoms with van der Waals surface area (Å²) in [5.41, 5.74) is 3.00. The zero-order valence-corrected chi connectivity index (χ0v) is 9.71. The van der Waals surface area contributed by atoms with E-state index in [2.05, 4.69) is 22.3 Å². The number of hydrogen-bond donors (Lipinski definition) is 1. The molecule has 0 atom stereocenters. The van der Waals surface area contributed by atoms with Crippen molar-refractivity contribution in [3.63, 3.8) is 0 Å². The van der Waals surface area contributed by atoms with Gasteiger partial charge in [0.25, 0.3) is 0 Å². The van der Waals surface area contributed by atoms with Crippen molar-refractivity contribution in [1.29, 1.82) is 0 Å². The quantitative estimate of drug-likeness (QED) is 0.721. The van der Waals surface area contributed by atoms with Gasteiger partial charge in [0.05, 0.1) is 11.4 Å². The lowest BCUT2D eigenvalue weighted by atomic mass is 9.73. The van der Waals surface area contributed by atoms with E-state index in [1.165, 1.54) is 0 Å². The monoisotopic (exact) mass is 216 g/mol. The first-order valence-electron chi connectivity index (χ1n) is 5.80. The van der Waals surface area contributed by atoms with E-state index in [9.17, 15) is 4.79 Å². The van der Waals surface area contributed by atoms with Crippen molar-refractivity contribution in [1.82, 2.24) is 0 Å². The standard InChI is InChI=1S/C13H16N2O/c1-9-5-3-6-10-11(9)14-12(16)13(15(10)2)7-4-8-13/h3,5-6H,4,7-8H2,1-2H3,(H,14,16). The molecule has 1 aliphatic carbocycles. The van der Waals surface area contributed by atoms with Crippen LogP contribution in [0.2, 0.25) is 0 Å². The number of benzene rings is 1. The van der Waals surface area contributed by atoms with E-state index in [0.29, 0.717) is 0 Å². The van der Waals surface area contributed by atoms with Gasteiger partial charge in [-0.2, -0.15) is 0 Å². The first-order valence-corrected chi connectivity index (χ1v) is 5.80. The van der Waals surface area contributed by atoms with Crippen LogP contribution < -0.4 is 10.2 Å². The molecular weight excluding hydrogens is 200 g/mol. The molecule has 1 spiro atoms. The van der Waals surface area contributed by atoms with Crippen LogP contribution in [-0.4, -0.2) is 18.5 Å². The van der Waals surface area contributed by atoms with Crippen molar-refractivity contribution in [2.24, 2.45) is 0 Å². The summed E-state index contributed by atoms with van der Waals surface area (Å²) in [5, 5.41) is 3.07. The number of nitrogens with zero attached hydrogens (tertiary/aromatic N) is 1. The average Bonchev–Trinajstić information content (AvgIpc) is 2.18. The molecule has 1 fully saturated rings. The van der Waals surface area contributed by atoms with E-state index in [-0.39, 0.29) is 11.4 Å². The highest BCUT2D eigenvalue weighted by Crippen LogP contribution is 2.46. The van der Waals surface area contributed by atoms with E-state index in [0.717, 1.165) is 36.2 Å². The van der Waals surface area contributed by atoms with Crippen LogP contribution in [0.3, 0.4) is 0 Å². The Kier molecular flexibility index (Phi) is 1.82. The number of anilines is 2. The molecule has 3 rings (SSSR count). The molecule has 1 heterocycles. The molecule has 0 aromatic heterocycles. The number of carbonyl (C=O) groups excluding carboxylic acids is 1. The van der Waals surface area contributed by atoms with Gasteiger partial charge in [-0.25, -0.2) is 0 Å². The number of fused-ring (bicyclic) bond motifs is 1. The van der Waals surface area contributed by atoms with E-state index in [1.54, 1.807) is 0 Å². The summed E-state index contributed by atoms with van der Waals surface area (Å²) >= 11 is 0. The van der Waals surface area contributed by atoms with Crippen LogP contribution >= 0.6 is 0 Å². The average molecular weight is 216 g/mol. The Hall–Kier alpha value is -1.51. The van der Waals surface area contributed by atoms with Gasteiger partial charge in [-0.1, -0.05) is 12.1 Å². The number of rotatable bonds is 0. The Bertz CT molecular complexity index is 463. The summed E-state index contributed by atoms with van der Waals surface area (Å²) in [6.45, 7) is 2.03. The molecule has 1 aliphatic heterocycles. The number of likely N-dealkylation sites (N-methyl/N-ethyl adjacent to an activating group) is 1. The van der Waals surface area contributed by atoms with Crippen molar-refractivity contribution >= 4 is 17.3 Å². The summed E-state index contributed by atoms with van der Waals surface area (Å²) in [7, 11) is 2.04. The van der Waals surface area contributed by atoms with Crippen LogP contribution in [0.15, 0.2) is 18.2 Å². The van der Waals surface area contributed by atoms with Gasteiger partial charge >= 0.3 is 0 Å². The van der Waals surface area contributed by atoms with E-state index >= 15 is 0 Å². The van der Waals surface area contributed by atoms with Gasteiger partial charge in [0.15, 0.2) is 0 Å². The maximum absolute atomic E-state index is 12.2. The molecule has 16 heavy (non-hydrogen) atoms. The first kappa shape index (κ1) is 9.70. The fraction of sp³-hybridized carbons (Fsp3) is 0.462. The van der Waals surface area contributed by atoms with Gasteiger partial charge in [0, 0.05) is 7.05 Å². The van der Waals surface area contributed by atoms with Crippen molar-refractivity contribution in [3.05, 3.63) is 23.8 Å². The van der Waals surface area contributed by atoms with E-state index < -0.39 is 0 Å². The lowest BCUT2D eigenvalue weighted by molar-refractivity contribution is -0.124. The first-order chi connectivity index (χ1) is 7.65. The number of nitrogens with one attached hydrogen (secondary N) is 1. The number of hydrogen-bond acceptors (Lipinski definition) is 2. The molecule has 3 nitrogen and oxygen atoms in total. The van der Waals surface area contributed by atoms with Crippen LogP contribution in [0.4, 0.5) is 11.4 Å². The topological polar surface area (TPSA) is 32.3 Å². The molecular formula is C13H16N2O. The van der Waals surface area contributed by atoms with Crippen LogP contribution in [0.1, 0.15) is 24.8 Å². The highest BCUT2D eigenvalue weighted by molar-refractivity contribution is 6.07. The van der Waals surface area contributed by atoms with Crippen molar-refractivity contribution < 1.29 is 4.79 Å². The maximum Gasteiger partial charge on any atom is 0.250 e. The summed E-state index contributed by atoms with van der Waals surface area (Å²) in [5.74, 6) is 0.169. The highest BCUT2D eigenvalue weighted by atomic mass is 16.2. The van der Waals surface area contributed by atoms with Crippen LogP contribution in [0.25, 0.3) is 0 Å². The van der Waals surface area contributed by atoms with Crippen LogP contribution in [0.5, 0.6) is 0 Å². The number of para-hydroxylation sites is 1. The van der Waals surface area contributed by atoms with Crippen LogP contribution in [0, 0.1) is 6.92 Å². The van der Waals surface area contributed by atoms with Gasteiger partial charge in [-0.05, 0) is 37.8 Å². The maximum atomic E-state index is 12.2. The third-order valence-corrected chi connectivity index (χ3v) is 4.10. The fourth-order valence-electron chi connectivity index (χ4n) is 2.78. The minimum atomic E-state index is -0.263. The molecule has 0 saturated heterocycles. The number of aryl methyl sites for hydroxylation is 1. The minimum absolute atomic E-state index is 0.169. The highest BCUT2D eigenvalue weighted by Gasteiger charge is 2.50. The lowest BCUT2D eigenvalue weighted by Gasteiger charge is -2.51.